The summed E-state index contributed by atoms with van der Waals surface area (Å²) >= 11 is 5.84. The minimum atomic E-state index is -0.973. The number of rotatable bonds is 4. The molecule has 2 bridgehead atoms. The second-order valence-corrected chi connectivity index (χ2v) is 6.04. The molecule has 1 aromatic rings. The van der Waals surface area contributed by atoms with Crippen LogP contribution in [0.25, 0.3) is 0 Å². The molecule has 0 aromatic carbocycles. The molecule has 3 unspecified atom stereocenters. The highest BCUT2D eigenvalue weighted by Gasteiger charge is 2.39. The molecular weight excluding hydrogens is 264 g/mol. The molecule has 5 heteroatoms. The van der Waals surface area contributed by atoms with Crippen molar-refractivity contribution in [2.24, 2.45) is 17.8 Å². The fourth-order valence-corrected chi connectivity index (χ4v) is 3.74. The van der Waals surface area contributed by atoms with Crippen molar-refractivity contribution in [3.63, 3.8) is 0 Å². The molecule has 2 fully saturated rings. The highest BCUT2D eigenvalue weighted by atomic mass is 35.5. The minimum Gasteiger partial charge on any atom is -0.478 e. The quantitative estimate of drug-likeness (QED) is 0.831. The normalized spacial score (nSPS) is 28.6. The van der Waals surface area contributed by atoms with Gasteiger partial charge in [-0.05, 0) is 49.1 Å². The Bertz CT molecular complexity index is 506. The maximum atomic E-state index is 11.1. The number of fused-ring (bicyclic) bond motifs is 2. The number of pyridine rings is 1. The summed E-state index contributed by atoms with van der Waals surface area (Å²) in [6, 6.07) is 3.01. The van der Waals surface area contributed by atoms with Gasteiger partial charge in [-0.1, -0.05) is 18.0 Å². The molecule has 2 saturated carbocycles. The fourth-order valence-electron chi connectivity index (χ4n) is 3.60. The van der Waals surface area contributed by atoms with Gasteiger partial charge in [-0.2, -0.15) is 0 Å². The van der Waals surface area contributed by atoms with Crippen molar-refractivity contribution >= 4 is 23.4 Å². The Morgan fingerprint density at radius 3 is 2.89 bits per heavy atom. The molecule has 0 radical (unpaired) electrons. The van der Waals surface area contributed by atoms with Crippen molar-refractivity contribution in [2.45, 2.75) is 25.7 Å². The Kier molecular flexibility index (Phi) is 3.35. The monoisotopic (exact) mass is 280 g/mol. The molecule has 102 valence electrons. The fraction of sp³-hybridized carbons (Fsp3) is 0.571. The van der Waals surface area contributed by atoms with Crippen molar-refractivity contribution in [2.75, 3.05) is 11.9 Å². The number of carbonyl (C=O) groups is 1. The Morgan fingerprint density at radius 2 is 2.26 bits per heavy atom. The molecule has 0 saturated heterocycles. The summed E-state index contributed by atoms with van der Waals surface area (Å²) in [4.78, 5) is 15.2. The van der Waals surface area contributed by atoms with E-state index in [0.29, 0.717) is 16.9 Å². The van der Waals surface area contributed by atoms with E-state index in [0.717, 1.165) is 18.4 Å². The number of aromatic nitrogens is 1. The third-order valence-corrected chi connectivity index (χ3v) is 4.72. The van der Waals surface area contributed by atoms with Gasteiger partial charge in [0.15, 0.2) is 0 Å². The van der Waals surface area contributed by atoms with Crippen LogP contribution in [0.4, 0.5) is 5.82 Å². The summed E-state index contributed by atoms with van der Waals surface area (Å²) in [7, 11) is 0. The van der Waals surface area contributed by atoms with Crippen LogP contribution in [0.15, 0.2) is 12.1 Å². The number of hydrogen-bond donors (Lipinski definition) is 2. The van der Waals surface area contributed by atoms with E-state index in [1.54, 1.807) is 0 Å². The van der Waals surface area contributed by atoms with Gasteiger partial charge in [0.1, 0.15) is 16.5 Å². The van der Waals surface area contributed by atoms with Crippen LogP contribution in [0.5, 0.6) is 0 Å². The zero-order valence-electron chi connectivity index (χ0n) is 10.6. The lowest BCUT2D eigenvalue weighted by Crippen LogP contribution is -2.21. The van der Waals surface area contributed by atoms with Crippen molar-refractivity contribution in [3.05, 3.63) is 22.8 Å². The average Bonchev–Trinajstić information content (AvgIpc) is 2.98. The number of carboxylic acids is 1. The van der Waals surface area contributed by atoms with Crippen LogP contribution in [0.2, 0.25) is 5.15 Å². The van der Waals surface area contributed by atoms with Crippen LogP contribution < -0.4 is 5.32 Å². The molecule has 2 aliphatic rings. The van der Waals surface area contributed by atoms with E-state index in [1.165, 1.54) is 37.8 Å². The smallest absolute Gasteiger partial charge is 0.339 e. The molecular formula is C14H17ClN2O2. The first-order valence-corrected chi connectivity index (χ1v) is 7.15. The van der Waals surface area contributed by atoms with Gasteiger partial charge < -0.3 is 10.4 Å². The second-order valence-electron chi connectivity index (χ2n) is 5.65. The summed E-state index contributed by atoms with van der Waals surface area (Å²) < 4.78 is 0. The molecule has 2 N–H and O–H groups in total. The Hall–Kier alpha value is -1.29. The van der Waals surface area contributed by atoms with Crippen LogP contribution in [0, 0.1) is 17.8 Å². The maximum Gasteiger partial charge on any atom is 0.339 e. The van der Waals surface area contributed by atoms with E-state index < -0.39 is 5.97 Å². The largest absolute Gasteiger partial charge is 0.478 e. The standard InChI is InChI=1S/C14H17ClN2O2/c15-12-4-3-11(14(18)19)13(17-12)16-7-10-6-8-1-2-9(10)5-8/h3-4,8-10H,1-2,5-7H2,(H,16,17)(H,18,19). The third-order valence-electron chi connectivity index (χ3n) is 4.51. The predicted octanol–water partition coefficient (Wildman–Crippen LogP) is 3.28. The number of carboxylic acid groups (broad SMARTS) is 1. The zero-order valence-corrected chi connectivity index (χ0v) is 11.4. The topological polar surface area (TPSA) is 62.2 Å². The molecule has 1 aromatic heterocycles. The number of hydrogen-bond acceptors (Lipinski definition) is 3. The molecule has 0 aliphatic heterocycles. The summed E-state index contributed by atoms with van der Waals surface area (Å²) in [5, 5.41) is 12.6. The van der Waals surface area contributed by atoms with Gasteiger partial charge in [-0.25, -0.2) is 9.78 Å². The van der Waals surface area contributed by atoms with Gasteiger partial charge in [0.05, 0.1) is 0 Å². The molecule has 3 rings (SSSR count). The van der Waals surface area contributed by atoms with E-state index in [2.05, 4.69) is 10.3 Å². The molecule has 4 nitrogen and oxygen atoms in total. The first-order valence-electron chi connectivity index (χ1n) is 6.77. The summed E-state index contributed by atoms with van der Waals surface area (Å²) in [6.07, 6.45) is 5.31. The summed E-state index contributed by atoms with van der Waals surface area (Å²) in [6.45, 7) is 0.800. The first kappa shape index (κ1) is 12.7. The number of nitrogens with one attached hydrogen (secondary N) is 1. The second kappa shape index (κ2) is 5.00. The zero-order chi connectivity index (χ0) is 13.4. The summed E-state index contributed by atoms with van der Waals surface area (Å²) in [5.41, 5.74) is 0.188. The third kappa shape index (κ3) is 2.54. The molecule has 3 atom stereocenters. The summed E-state index contributed by atoms with van der Waals surface area (Å²) in [5.74, 6) is 1.77. The van der Waals surface area contributed by atoms with Crippen LogP contribution in [-0.4, -0.2) is 22.6 Å². The number of nitrogens with zero attached hydrogens (tertiary/aromatic N) is 1. The first-order chi connectivity index (χ1) is 9.13. The highest BCUT2D eigenvalue weighted by molar-refractivity contribution is 6.29. The lowest BCUT2D eigenvalue weighted by atomic mass is 9.89. The molecule has 1 heterocycles. The van der Waals surface area contributed by atoms with Gasteiger partial charge >= 0.3 is 5.97 Å². The molecule has 19 heavy (non-hydrogen) atoms. The van der Waals surface area contributed by atoms with Crippen molar-refractivity contribution in [3.8, 4) is 0 Å². The predicted molar refractivity (Wildman–Crippen MR) is 73.6 cm³/mol. The Morgan fingerprint density at radius 1 is 1.42 bits per heavy atom. The van der Waals surface area contributed by atoms with Crippen molar-refractivity contribution in [1.82, 2.24) is 4.98 Å². The molecule has 2 aliphatic carbocycles. The lowest BCUT2D eigenvalue weighted by Gasteiger charge is -2.22. The van der Waals surface area contributed by atoms with Gasteiger partial charge in [-0.3, -0.25) is 0 Å². The highest BCUT2D eigenvalue weighted by Crippen LogP contribution is 2.48. The van der Waals surface area contributed by atoms with E-state index in [-0.39, 0.29) is 5.56 Å². The maximum absolute atomic E-state index is 11.1. The van der Waals surface area contributed by atoms with Crippen LogP contribution in [-0.2, 0) is 0 Å². The van der Waals surface area contributed by atoms with Crippen LogP contribution in [0.1, 0.15) is 36.0 Å². The lowest BCUT2D eigenvalue weighted by molar-refractivity contribution is 0.0697. The van der Waals surface area contributed by atoms with E-state index >= 15 is 0 Å². The Labute approximate surface area is 117 Å². The van der Waals surface area contributed by atoms with E-state index in [9.17, 15) is 4.79 Å². The molecule has 0 spiro atoms. The van der Waals surface area contributed by atoms with Crippen molar-refractivity contribution in [1.29, 1.82) is 0 Å². The van der Waals surface area contributed by atoms with E-state index in [1.807, 2.05) is 0 Å². The average molecular weight is 281 g/mol. The van der Waals surface area contributed by atoms with Crippen LogP contribution in [0.3, 0.4) is 0 Å². The van der Waals surface area contributed by atoms with Gasteiger partial charge in [0, 0.05) is 6.54 Å². The minimum absolute atomic E-state index is 0.188. The number of halogens is 1. The van der Waals surface area contributed by atoms with Crippen LogP contribution >= 0.6 is 11.6 Å². The van der Waals surface area contributed by atoms with Gasteiger partial charge in [0.25, 0.3) is 0 Å². The molecule has 0 amide bonds. The number of aromatic carboxylic acids is 1. The Balaban J connectivity index is 1.69. The van der Waals surface area contributed by atoms with Crippen molar-refractivity contribution < 1.29 is 9.90 Å². The van der Waals surface area contributed by atoms with Gasteiger partial charge in [-0.15, -0.1) is 0 Å². The van der Waals surface area contributed by atoms with E-state index in [4.69, 9.17) is 16.7 Å². The van der Waals surface area contributed by atoms with Gasteiger partial charge in [0.2, 0.25) is 0 Å². The number of anilines is 1. The SMILES string of the molecule is O=C(O)c1ccc(Cl)nc1NCC1CC2CCC1C2.